The third-order valence-electron chi connectivity index (χ3n) is 4.06. The van der Waals surface area contributed by atoms with Gasteiger partial charge in [-0.3, -0.25) is 0 Å². The lowest BCUT2D eigenvalue weighted by molar-refractivity contribution is 0.0534. The summed E-state index contributed by atoms with van der Waals surface area (Å²) < 4.78 is 5.47. The highest BCUT2D eigenvalue weighted by Crippen LogP contribution is 2.38. The number of benzene rings is 1. The molecule has 3 N–H and O–H groups in total. The second-order valence-electron chi connectivity index (χ2n) is 4.99. The zero-order chi connectivity index (χ0) is 12.6. The van der Waals surface area contributed by atoms with Crippen molar-refractivity contribution in [2.75, 3.05) is 19.8 Å². The van der Waals surface area contributed by atoms with Crippen LogP contribution in [0.3, 0.4) is 0 Å². The fraction of sp³-hybridized carbons (Fsp3) is 0.429. The molecule has 1 aliphatic rings. The van der Waals surface area contributed by atoms with E-state index in [0.29, 0.717) is 6.54 Å². The number of halogens is 1. The molecule has 0 saturated carbocycles. The van der Waals surface area contributed by atoms with E-state index in [1.165, 1.54) is 10.9 Å². The van der Waals surface area contributed by atoms with Gasteiger partial charge in [0.1, 0.15) is 0 Å². The molecule has 0 radical (unpaired) electrons. The predicted molar refractivity (Wildman–Crippen MR) is 74.1 cm³/mol. The molecule has 1 aliphatic heterocycles. The van der Waals surface area contributed by atoms with E-state index in [0.717, 1.165) is 36.6 Å². The van der Waals surface area contributed by atoms with Crippen molar-refractivity contribution in [3.63, 3.8) is 0 Å². The van der Waals surface area contributed by atoms with E-state index in [4.69, 9.17) is 22.1 Å². The van der Waals surface area contributed by atoms with Crippen LogP contribution in [0.25, 0.3) is 10.9 Å². The number of fused-ring (bicyclic) bond motifs is 1. The van der Waals surface area contributed by atoms with Crippen molar-refractivity contribution in [2.45, 2.75) is 18.3 Å². The second-order valence-corrected chi connectivity index (χ2v) is 5.43. The molecule has 4 heteroatoms. The largest absolute Gasteiger partial charge is 0.381 e. The van der Waals surface area contributed by atoms with Crippen LogP contribution < -0.4 is 5.73 Å². The summed E-state index contributed by atoms with van der Waals surface area (Å²) in [6, 6.07) is 5.95. The summed E-state index contributed by atoms with van der Waals surface area (Å²) in [5.41, 5.74) is 8.49. The van der Waals surface area contributed by atoms with Crippen molar-refractivity contribution in [3.05, 3.63) is 35.0 Å². The Kier molecular flexibility index (Phi) is 3.06. The van der Waals surface area contributed by atoms with Crippen LogP contribution in [0.4, 0.5) is 0 Å². The normalized spacial score (nSPS) is 19.2. The molecule has 1 saturated heterocycles. The van der Waals surface area contributed by atoms with Crippen LogP contribution >= 0.6 is 11.6 Å². The van der Waals surface area contributed by atoms with E-state index in [2.05, 4.69) is 11.2 Å². The van der Waals surface area contributed by atoms with Gasteiger partial charge in [0.2, 0.25) is 0 Å². The molecule has 3 nitrogen and oxygen atoms in total. The molecule has 2 aromatic rings. The molecular formula is C14H17ClN2O. The Morgan fingerprint density at radius 3 is 2.83 bits per heavy atom. The average Bonchev–Trinajstić information content (AvgIpc) is 2.83. The lowest BCUT2D eigenvalue weighted by Crippen LogP contribution is -2.40. The number of ether oxygens (including phenoxy) is 1. The van der Waals surface area contributed by atoms with Crippen molar-refractivity contribution in [1.29, 1.82) is 0 Å². The maximum Gasteiger partial charge on any atom is 0.0475 e. The number of aromatic nitrogens is 1. The molecule has 0 atom stereocenters. The predicted octanol–water partition coefficient (Wildman–Crippen LogP) is 2.83. The third-order valence-corrected chi connectivity index (χ3v) is 4.29. The van der Waals surface area contributed by atoms with Crippen molar-refractivity contribution in [2.24, 2.45) is 5.73 Å². The van der Waals surface area contributed by atoms with Gasteiger partial charge in [-0.05, 0) is 36.6 Å². The zero-order valence-corrected chi connectivity index (χ0v) is 11.0. The minimum Gasteiger partial charge on any atom is -0.381 e. The first-order valence-corrected chi connectivity index (χ1v) is 6.68. The number of aromatic amines is 1. The Hall–Kier alpha value is -1.03. The highest BCUT2D eigenvalue weighted by atomic mass is 35.5. The first-order valence-electron chi connectivity index (χ1n) is 6.30. The molecule has 2 heterocycles. The fourth-order valence-corrected chi connectivity index (χ4v) is 3.05. The van der Waals surface area contributed by atoms with Gasteiger partial charge in [-0.25, -0.2) is 0 Å². The van der Waals surface area contributed by atoms with E-state index in [1.807, 2.05) is 18.2 Å². The van der Waals surface area contributed by atoms with Gasteiger partial charge in [0.15, 0.2) is 0 Å². The van der Waals surface area contributed by atoms with Gasteiger partial charge in [-0.15, -0.1) is 0 Å². The van der Waals surface area contributed by atoms with Crippen molar-refractivity contribution in [3.8, 4) is 0 Å². The molecule has 1 fully saturated rings. The summed E-state index contributed by atoms with van der Waals surface area (Å²) in [4.78, 5) is 3.32. The maximum absolute atomic E-state index is 6.11. The molecule has 3 rings (SSSR count). The highest BCUT2D eigenvalue weighted by molar-refractivity contribution is 6.31. The van der Waals surface area contributed by atoms with E-state index >= 15 is 0 Å². The molecule has 0 unspecified atom stereocenters. The SMILES string of the molecule is NCC1(c2c[nH]c3ccc(Cl)cc23)CCOCC1. The van der Waals surface area contributed by atoms with Crippen LogP contribution in [0.2, 0.25) is 5.02 Å². The Bertz CT molecular complexity index is 558. The van der Waals surface area contributed by atoms with Crippen LogP contribution in [-0.2, 0) is 10.2 Å². The van der Waals surface area contributed by atoms with Crippen LogP contribution in [0.1, 0.15) is 18.4 Å². The van der Waals surface area contributed by atoms with Gasteiger partial charge in [-0.2, -0.15) is 0 Å². The molecule has 0 bridgehead atoms. The van der Waals surface area contributed by atoms with E-state index in [9.17, 15) is 0 Å². The summed E-state index contributed by atoms with van der Waals surface area (Å²) in [6.45, 7) is 2.21. The van der Waals surface area contributed by atoms with E-state index in [1.54, 1.807) is 0 Å². The van der Waals surface area contributed by atoms with Gasteiger partial charge in [-0.1, -0.05) is 11.6 Å². The molecule has 96 valence electrons. The maximum atomic E-state index is 6.11. The molecule has 18 heavy (non-hydrogen) atoms. The topological polar surface area (TPSA) is 51.0 Å². The molecule has 0 amide bonds. The summed E-state index contributed by atoms with van der Waals surface area (Å²) in [6.07, 6.45) is 4.03. The third kappa shape index (κ3) is 1.83. The average molecular weight is 265 g/mol. The molecule has 1 aromatic carbocycles. The minimum absolute atomic E-state index is 0.0290. The summed E-state index contributed by atoms with van der Waals surface area (Å²) >= 11 is 6.11. The van der Waals surface area contributed by atoms with Gasteiger partial charge in [0.25, 0.3) is 0 Å². The summed E-state index contributed by atoms with van der Waals surface area (Å²) in [5.74, 6) is 0. The quantitative estimate of drug-likeness (QED) is 0.876. The van der Waals surface area contributed by atoms with E-state index < -0.39 is 0 Å². The number of nitrogens with one attached hydrogen (secondary N) is 1. The first kappa shape index (κ1) is 12.0. The van der Waals surface area contributed by atoms with Crippen LogP contribution in [0.5, 0.6) is 0 Å². The molecule has 0 aliphatic carbocycles. The Labute approximate surface area is 111 Å². The Morgan fingerprint density at radius 2 is 2.11 bits per heavy atom. The van der Waals surface area contributed by atoms with Crippen LogP contribution in [0, 0.1) is 0 Å². The number of hydrogen-bond donors (Lipinski definition) is 2. The fourth-order valence-electron chi connectivity index (χ4n) is 2.88. The monoisotopic (exact) mass is 264 g/mol. The zero-order valence-electron chi connectivity index (χ0n) is 10.2. The van der Waals surface area contributed by atoms with Gasteiger partial charge in [0, 0.05) is 47.3 Å². The number of hydrogen-bond acceptors (Lipinski definition) is 2. The standard InChI is InChI=1S/C14H17ClN2O/c15-10-1-2-13-11(7-10)12(8-17-13)14(9-16)3-5-18-6-4-14/h1-2,7-8,17H,3-6,9,16H2. The van der Waals surface area contributed by atoms with Crippen molar-refractivity contribution < 1.29 is 4.74 Å². The number of nitrogens with two attached hydrogens (primary N) is 1. The first-order chi connectivity index (χ1) is 8.75. The Balaban J connectivity index is 2.14. The van der Waals surface area contributed by atoms with Crippen LogP contribution in [-0.4, -0.2) is 24.7 Å². The van der Waals surface area contributed by atoms with Gasteiger partial charge >= 0.3 is 0 Å². The summed E-state index contributed by atoms with van der Waals surface area (Å²) in [5, 5.41) is 1.96. The Morgan fingerprint density at radius 1 is 1.33 bits per heavy atom. The van der Waals surface area contributed by atoms with Gasteiger partial charge in [0.05, 0.1) is 0 Å². The lowest BCUT2D eigenvalue weighted by Gasteiger charge is -2.36. The summed E-state index contributed by atoms with van der Waals surface area (Å²) in [7, 11) is 0. The smallest absolute Gasteiger partial charge is 0.0475 e. The number of rotatable bonds is 2. The second kappa shape index (κ2) is 4.57. The molecular weight excluding hydrogens is 248 g/mol. The number of H-pyrrole nitrogens is 1. The van der Waals surface area contributed by atoms with Crippen LogP contribution in [0.15, 0.2) is 24.4 Å². The van der Waals surface area contributed by atoms with E-state index in [-0.39, 0.29) is 5.41 Å². The molecule has 1 aromatic heterocycles. The molecule has 0 spiro atoms. The highest BCUT2D eigenvalue weighted by Gasteiger charge is 2.35. The van der Waals surface area contributed by atoms with Crippen molar-refractivity contribution >= 4 is 22.5 Å². The lowest BCUT2D eigenvalue weighted by atomic mass is 9.74. The van der Waals surface area contributed by atoms with Crippen molar-refractivity contribution in [1.82, 2.24) is 4.98 Å². The van der Waals surface area contributed by atoms with Gasteiger partial charge < -0.3 is 15.5 Å². The minimum atomic E-state index is 0.0290.